The van der Waals surface area contributed by atoms with Crippen LogP contribution in [0.1, 0.15) is 44.5 Å². The minimum atomic E-state index is -0.389. The van der Waals surface area contributed by atoms with Crippen molar-refractivity contribution >= 4 is 17.6 Å². The first kappa shape index (κ1) is 22.4. The average molecular weight is 426 g/mol. The summed E-state index contributed by atoms with van der Waals surface area (Å²) in [5.41, 5.74) is 2.26. The Morgan fingerprint density at radius 1 is 1.23 bits per heavy atom. The Morgan fingerprint density at radius 3 is 2.55 bits per heavy atom. The fourth-order valence-electron chi connectivity index (χ4n) is 3.60. The Labute approximate surface area is 183 Å². The van der Waals surface area contributed by atoms with Gasteiger partial charge in [-0.1, -0.05) is 18.2 Å². The molecule has 0 aliphatic carbocycles. The number of urea groups is 1. The molecule has 2 aromatic rings. The maximum Gasteiger partial charge on any atom is 0.318 e. The number of nitrogens with one attached hydrogen (secondary N) is 1. The van der Waals surface area contributed by atoms with E-state index in [4.69, 9.17) is 4.74 Å². The molecule has 2 heterocycles. The van der Waals surface area contributed by atoms with E-state index in [-0.39, 0.29) is 30.1 Å². The first-order chi connectivity index (χ1) is 14.6. The van der Waals surface area contributed by atoms with Crippen LogP contribution < -0.4 is 10.1 Å². The van der Waals surface area contributed by atoms with Crippen LogP contribution in [-0.2, 0) is 11.8 Å². The van der Waals surface area contributed by atoms with Gasteiger partial charge in [0.1, 0.15) is 12.3 Å². The number of likely N-dealkylation sites (N-methyl/N-ethyl adjacent to an activating group) is 1. The number of hydrogen-bond donors (Lipinski definition) is 1. The first-order valence-corrected chi connectivity index (χ1v) is 10.3. The summed E-state index contributed by atoms with van der Waals surface area (Å²) in [5, 5.41) is 9.04. The van der Waals surface area contributed by atoms with Crippen molar-refractivity contribution in [3.63, 3.8) is 0 Å². The molecule has 0 saturated carbocycles. The smallest absolute Gasteiger partial charge is 0.318 e. The summed E-state index contributed by atoms with van der Waals surface area (Å²) >= 11 is 0. The van der Waals surface area contributed by atoms with E-state index in [1.165, 1.54) is 9.91 Å². The van der Waals surface area contributed by atoms with Crippen molar-refractivity contribution in [2.45, 2.75) is 38.8 Å². The number of hydrazone groups is 1. The molecule has 3 rings (SSSR count). The third-order valence-corrected chi connectivity index (χ3v) is 5.10. The van der Waals surface area contributed by atoms with E-state index < -0.39 is 0 Å². The minimum Gasteiger partial charge on any atom is -0.496 e. The summed E-state index contributed by atoms with van der Waals surface area (Å²) in [4.78, 5) is 27.1. The fourth-order valence-corrected chi connectivity index (χ4v) is 3.60. The van der Waals surface area contributed by atoms with Crippen LogP contribution in [0, 0.1) is 0 Å². The zero-order valence-electron chi connectivity index (χ0n) is 19.0. The first-order valence-electron chi connectivity index (χ1n) is 10.3. The van der Waals surface area contributed by atoms with Gasteiger partial charge in [0.05, 0.1) is 24.6 Å². The van der Waals surface area contributed by atoms with E-state index in [0.717, 1.165) is 17.0 Å². The molecule has 31 heavy (non-hydrogen) atoms. The van der Waals surface area contributed by atoms with Crippen LogP contribution in [-0.4, -0.2) is 58.4 Å². The van der Waals surface area contributed by atoms with Gasteiger partial charge in [-0.15, -0.1) is 0 Å². The van der Waals surface area contributed by atoms with Crippen LogP contribution >= 0.6 is 0 Å². The van der Waals surface area contributed by atoms with Crippen LogP contribution in [0.5, 0.6) is 5.75 Å². The van der Waals surface area contributed by atoms with Crippen LogP contribution in [0.15, 0.2) is 47.7 Å². The van der Waals surface area contributed by atoms with Crippen LogP contribution in [0.2, 0.25) is 0 Å². The zero-order valence-corrected chi connectivity index (χ0v) is 19.0. The number of para-hydroxylation sites is 1. The molecule has 1 aliphatic heterocycles. The number of hydrogen-bond acceptors (Lipinski definition) is 4. The molecule has 0 radical (unpaired) electrons. The number of amides is 3. The van der Waals surface area contributed by atoms with Crippen molar-refractivity contribution in [1.82, 2.24) is 19.8 Å². The quantitative estimate of drug-likeness (QED) is 0.799. The Kier molecular flexibility index (Phi) is 6.38. The molecule has 8 nitrogen and oxygen atoms in total. The van der Waals surface area contributed by atoms with Gasteiger partial charge in [0.15, 0.2) is 0 Å². The number of carbonyl (C=O) groups excluding carboxylic acids is 2. The van der Waals surface area contributed by atoms with Crippen molar-refractivity contribution < 1.29 is 14.3 Å². The van der Waals surface area contributed by atoms with Crippen molar-refractivity contribution in [2.24, 2.45) is 12.1 Å². The summed E-state index contributed by atoms with van der Waals surface area (Å²) in [7, 11) is 5.17. The predicted molar refractivity (Wildman–Crippen MR) is 120 cm³/mol. The van der Waals surface area contributed by atoms with E-state index in [1.807, 2.05) is 75.0 Å². The molecule has 0 unspecified atom stereocenters. The van der Waals surface area contributed by atoms with Gasteiger partial charge >= 0.3 is 6.03 Å². The van der Waals surface area contributed by atoms with Gasteiger partial charge in [0.2, 0.25) is 0 Å². The van der Waals surface area contributed by atoms with Crippen LogP contribution in [0.25, 0.3) is 0 Å². The topological polar surface area (TPSA) is 79.2 Å². The number of carbonyl (C=O) groups is 2. The van der Waals surface area contributed by atoms with Gasteiger partial charge in [0.25, 0.3) is 5.91 Å². The maximum atomic E-state index is 13.3. The zero-order chi connectivity index (χ0) is 22.8. The van der Waals surface area contributed by atoms with E-state index in [1.54, 1.807) is 14.2 Å². The van der Waals surface area contributed by atoms with E-state index in [9.17, 15) is 9.59 Å². The third-order valence-electron chi connectivity index (χ3n) is 5.10. The molecule has 0 spiro atoms. The summed E-state index contributed by atoms with van der Waals surface area (Å²) in [5.74, 6) is 0.444. The van der Waals surface area contributed by atoms with Gasteiger partial charge < -0.3 is 19.5 Å². The lowest BCUT2D eigenvalue weighted by molar-refractivity contribution is -0.133. The standard InChI is InChI=1S/C23H31N5O3/c1-23(2,3)24-22(30)27(5)15-21(29)28-19(16-10-7-8-12-20(16)31-6)14-17(25-28)18-11-9-13-26(18)4/h7-13,19H,14-15H2,1-6H3,(H,24,30)/t19-/m1/s1. The highest BCUT2D eigenvalue weighted by Gasteiger charge is 2.36. The normalized spacial score (nSPS) is 16.1. The Morgan fingerprint density at radius 2 is 1.94 bits per heavy atom. The number of aromatic nitrogens is 1. The number of nitrogens with zero attached hydrogens (tertiary/aromatic N) is 4. The van der Waals surface area contributed by atoms with E-state index in [0.29, 0.717) is 12.2 Å². The van der Waals surface area contributed by atoms with Gasteiger partial charge in [0, 0.05) is 37.8 Å². The second-order valence-corrected chi connectivity index (χ2v) is 8.79. The summed E-state index contributed by atoms with van der Waals surface area (Å²) in [6, 6.07) is 11.0. The Bertz CT molecular complexity index is 989. The molecule has 3 amide bonds. The summed E-state index contributed by atoms with van der Waals surface area (Å²) in [6.07, 6.45) is 2.51. The Hall–Kier alpha value is -3.29. The molecule has 1 aliphatic rings. The summed E-state index contributed by atoms with van der Waals surface area (Å²) < 4.78 is 7.52. The average Bonchev–Trinajstić information content (AvgIpc) is 3.32. The van der Waals surface area contributed by atoms with Gasteiger partial charge in [-0.05, 0) is 39.0 Å². The molecular formula is C23H31N5O3. The molecule has 0 bridgehead atoms. The number of benzene rings is 1. The molecule has 1 aromatic carbocycles. The second-order valence-electron chi connectivity index (χ2n) is 8.79. The van der Waals surface area contributed by atoms with Crippen molar-refractivity contribution in [3.8, 4) is 5.75 Å². The maximum absolute atomic E-state index is 13.3. The second kappa shape index (κ2) is 8.83. The van der Waals surface area contributed by atoms with Crippen LogP contribution in [0.3, 0.4) is 0 Å². The van der Waals surface area contributed by atoms with Crippen LogP contribution in [0.4, 0.5) is 4.79 Å². The van der Waals surface area contributed by atoms with Gasteiger partial charge in [-0.3, -0.25) is 4.79 Å². The van der Waals surface area contributed by atoms with E-state index >= 15 is 0 Å². The van der Waals surface area contributed by atoms with Crippen molar-refractivity contribution in [3.05, 3.63) is 53.9 Å². The molecular weight excluding hydrogens is 394 g/mol. The highest BCUT2D eigenvalue weighted by molar-refractivity contribution is 6.02. The molecule has 0 saturated heterocycles. The number of aryl methyl sites for hydroxylation is 1. The number of rotatable bonds is 5. The SMILES string of the molecule is COc1ccccc1[C@H]1CC(c2cccn2C)=NN1C(=O)CN(C)C(=O)NC(C)(C)C. The monoisotopic (exact) mass is 425 g/mol. The number of ether oxygens (including phenoxy) is 1. The highest BCUT2D eigenvalue weighted by Crippen LogP contribution is 2.37. The molecule has 8 heteroatoms. The Balaban J connectivity index is 1.88. The van der Waals surface area contributed by atoms with Gasteiger partial charge in [-0.25, -0.2) is 9.80 Å². The summed E-state index contributed by atoms with van der Waals surface area (Å²) in [6.45, 7) is 5.61. The molecule has 166 valence electrons. The van der Waals surface area contributed by atoms with E-state index in [2.05, 4.69) is 10.4 Å². The largest absolute Gasteiger partial charge is 0.496 e. The lowest BCUT2D eigenvalue weighted by atomic mass is 9.99. The molecule has 1 aromatic heterocycles. The predicted octanol–water partition coefficient (Wildman–Crippen LogP) is 3.15. The third kappa shape index (κ3) is 5.07. The molecule has 1 atom stereocenters. The lowest BCUT2D eigenvalue weighted by Gasteiger charge is -2.28. The number of methoxy groups -OCH3 is 1. The van der Waals surface area contributed by atoms with Crippen molar-refractivity contribution in [1.29, 1.82) is 0 Å². The molecule has 0 fully saturated rings. The highest BCUT2D eigenvalue weighted by atomic mass is 16.5. The molecule has 1 N–H and O–H groups in total. The van der Waals surface area contributed by atoms with Crippen molar-refractivity contribution in [2.75, 3.05) is 20.7 Å². The lowest BCUT2D eigenvalue weighted by Crippen LogP contribution is -2.49. The van der Waals surface area contributed by atoms with Gasteiger partial charge in [-0.2, -0.15) is 5.10 Å². The minimum absolute atomic E-state index is 0.0858. The fraction of sp³-hybridized carbons (Fsp3) is 0.435.